The molecular formula is C21H25NO. The Morgan fingerprint density at radius 2 is 1.65 bits per heavy atom. The quantitative estimate of drug-likeness (QED) is 0.553. The highest BCUT2D eigenvalue weighted by atomic mass is 16.1. The number of carbonyl (C=O) groups is 1. The first-order valence-corrected chi connectivity index (χ1v) is 8.68. The maximum atomic E-state index is 12.1. The van der Waals surface area contributed by atoms with Crippen molar-refractivity contribution in [3.8, 4) is 0 Å². The molecule has 0 aromatic heterocycles. The third-order valence-electron chi connectivity index (χ3n) is 4.77. The lowest BCUT2D eigenvalue weighted by molar-refractivity contribution is 0.0978. The summed E-state index contributed by atoms with van der Waals surface area (Å²) in [5.74, 6) is 0.955. The number of carbonyl (C=O) groups excluding carboxylic acids is 1. The van der Waals surface area contributed by atoms with Gasteiger partial charge in [0.2, 0.25) is 0 Å². The van der Waals surface area contributed by atoms with E-state index in [1.807, 2.05) is 30.3 Å². The summed E-state index contributed by atoms with van der Waals surface area (Å²) in [5, 5.41) is 0. The van der Waals surface area contributed by atoms with Crippen molar-refractivity contribution in [3.05, 3.63) is 71.8 Å². The van der Waals surface area contributed by atoms with Crippen LogP contribution in [0.2, 0.25) is 0 Å². The van der Waals surface area contributed by atoms with Crippen LogP contribution in [0.5, 0.6) is 0 Å². The summed E-state index contributed by atoms with van der Waals surface area (Å²) < 4.78 is 0. The fourth-order valence-electron chi connectivity index (χ4n) is 3.42. The smallest absolute Gasteiger partial charge is 0.162 e. The molecule has 0 N–H and O–H groups in total. The van der Waals surface area contributed by atoms with Gasteiger partial charge in [0.05, 0.1) is 0 Å². The lowest BCUT2D eigenvalue weighted by Gasteiger charge is -2.16. The van der Waals surface area contributed by atoms with Crippen molar-refractivity contribution < 1.29 is 4.79 Å². The second-order valence-electron chi connectivity index (χ2n) is 6.44. The Kier molecular flexibility index (Phi) is 5.60. The first-order valence-electron chi connectivity index (χ1n) is 8.68. The van der Waals surface area contributed by atoms with Gasteiger partial charge in [0, 0.05) is 18.5 Å². The van der Waals surface area contributed by atoms with E-state index in [0.717, 1.165) is 31.5 Å². The molecule has 2 aromatic rings. The molecule has 1 aliphatic heterocycles. The third-order valence-corrected chi connectivity index (χ3v) is 4.77. The molecular weight excluding hydrogens is 282 g/mol. The van der Waals surface area contributed by atoms with Crippen LogP contribution >= 0.6 is 0 Å². The molecule has 120 valence electrons. The van der Waals surface area contributed by atoms with Crippen LogP contribution in [-0.4, -0.2) is 30.3 Å². The predicted octanol–water partition coefficient (Wildman–Crippen LogP) is 4.53. The summed E-state index contributed by atoms with van der Waals surface area (Å²) in [6.45, 7) is 3.47. The minimum absolute atomic E-state index is 0.272. The molecule has 1 atom stereocenters. The van der Waals surface area contributed by atoms with E-state index in [4.69, 9.17) is 0 Å². The maximum absolute atomic E-state index is 12.1. The molecule has 1 fully saturated rings. The molecule has 0 spiro atoms. The Morgan fingerprint density at radius 3 is 2.39 bits per heavy atom. The van der Waals surface area contributed by atoms with Gasteiger partial charge in [-0.15, -0.1) is 0 Å². The van der Waals surface area contributed by atoms with Crippen molar-refractivity contribution in [1.29, 1.82) is 0 Å². The minimum Gasteiger partial charge on any atom is -0.303 e. The van der Waals surface area contributed by atoms with Gasteiger partial charge in [0.15, 0.2) is 5.78 Å². The third kappa shape index (κ3) is 4.52. The Balaban J connectivity index is 1.36. The van der Waals surface area contributed by atoms with Crippen LogP contribution in [0.25, 0.3) is 0 Å². The number of hydrogen-bond acceptors (Lipinski definition) is 2. The van der Waals surface area contributed by atoms with Gasteiger partial charge in [-0.05, 0) is 43.8 Å². The first-order chi connectivity index (χ1) is 11.3. The number of rotatable bonds is 7. The zero-order chi connectivity index (χ0) is 15.9. The molecule has 2 heteroatoms. The largest absolute Gasteiger partial charge is 0.303 e. The van der Waals surface area contributed by atoms with E-state index in [2.05, 4.69) is 35.2 Å². The molecule has 2 nitrogen and oxygen atoms in total. The number of nitrogens with zero attached hydrogens (tertiary/aromatic N) is 1. The second kappa shape index (κ2) is 8.07. The van der Waals surface area contributed by atoms with E-state index in [-0.39, 0.29) is 5.78 Å². The van der Waals surface area contributed by atoms with E-state index in [1.54, 1.807) is 0 Å². The van der Waals surface area contributed by atoms with Crippen LogP contribution in [0.1, 0.15) is 47.5 Å². The summed E-state index contributed by atoms with van der Waals surface area (Å²) in [6, 6.07) is 20.5. The van der Waals surface area contributed by atoms with E-state index in [1.165, 1.54) is 18.5 Å². The van der Waals surface area contributed by atoms with Crippen molar-refractivity contribution in [3.63, 3.8) is 0 Å². The zero-order valence-corrected chi connectivity index (χ0v) is 13.7. The standard InChI is InChI=1S/C21H25NO/c23-21(19-11-5-2-6-12-19)13-7-8-15-22-16-14-20(17-22)18-9-3-1-4-10-18/h1-6,9-12,20H,7-8,13-17H2. The van der Waals surface area contributed by atoms with E-state index >= 15 is 0 Å². The number of ketones is 1. The molecule has 0 saturated carbocycles. The van der Waals surface area contributed by atoms with Gasteiger partial charge in [-0.1, -0.05) is 60.7 Å². The molecule has 0 aliphatic carbocycles. The molecule has 3 rings (SSSR count). The summed E-state index contributed by atoms with van der Waals surface area (Å²) in [4.78, 5) is 14.6. The zero-order valence-electron chi connectivity index (χ0n) is 13.7. The Morgan fingerprint density at radius 1 is 0.957 bits per heavy atom. The van der Waals surface area contributed by atoms with Crippen molar-refractivity contribution in [2.45, 2.75) is 31.6 Å². The number of unbranched alkanes of at least 4 members (excludes halogenated alkanes) is 1. The predicted molar refractivity (Wildman–Crippen MR) is 94.9 cm³/mol. The Bertz CT molecular complexity index is 608. The van der Waals surface area contributed by atoms with Crippen LogP contribution in [0.4, 0.5) is 0 Å². The molecule has 0 amide bonds. The van der Waals surface area contributed by atoms with Crippen LogP contribution in [0, 0.1) is 0 Å². The van der Waals surface area contributed by atoms with Gasteiger partial charge in [-0.25, -0.2) is 0 Å². The van der Waals surface area contributed by atoms with Crippen molar-refractivity contribution in [2.24, 2.45) is 0 Å². The first kappa shape index (κ1) is 15.9. The van der Waals surface area contributed by atoms with E-state index < -0.39 is 0 Å². The van der Waals surface area contributed by atoms with Crippen molar-refractivity contribution in [2.75, 3.05) is 19.6 Å². The summed E-state index contributed by atoms with van der Waals surface area (Å²) in [5.41, 5.74) is 2.31. The maximum Gasteiger partial charge on any atom is 0.162 e. The van der Waals surface area contributed by atoms with E-state index in [9.17, 15) is 4.79 Å². The Hall–Kier alpha value is -1.93. The normalized spacial score (nSPS) is 18.2. The van der Waals surface area contributed by atoms with Gasteiger partial charge in [-0.3, -0.25) is 4.79 Å². The molecule has 0 radical (unpaired) electrons. The monoisotopic (exact) mass is 307 g/mol. The Labute approximate surface area is 139 Å². The van der Waals surface area contributed by atoms with Crippen LogP contribution in [0.3, 0.4) is 0 Å². The highest BCUT2D eigenvalue weighted by Gasteiger charge is 2.22. The SMILES string of the molecule is O=C(CCCCN1CCC(c2ccccc2)C1)c1ccccc1. The van der Waals surface area contributed by atoms with Gasteiger partial charge in [0.1, 0.15) is 0 Å². The van der Waals surface area contributed by atoms with E-state index in [0.29, 0.717) is 12.3 Å². The van der Waals surface area contributed by atoms with Gasteiger partial charge < -0.3 is 4.90 Å². The molecule has 1 saturated heterocycles. The van der Waals surface area contributed by atoms with Gasteiger partial charge in [0.25, 0.3) is 0 Å². The molecule has 23 heavy (non-hydrogen) atoms. The average molecular weight is 307 g/mol. The number of Topliss-reactive ketones (excluding diaryl/α,β-unsaturated/α-hetero) is 1. The molecule has 0 bridgehead atoms. The topological polar surface area (TPSA) is 20.3 Å². The number of hydrogen-bond donors (Lipinski definition) is 0. The summed E-state index contributed by atoms with van der Waals surface area (Å²) >= 11 is 0. The van der Waals surface area contributed by atoms with Gasteiger partial charge >= 0.3 is 0 Å². The van der Waals surface area contributed by atoms with Crippen molar-refractivity contribution >= 4 is 5.78 Å². The van der Waals surface area contributed by atoms with Gasteiger partial charge in [-0.2, -0.15) is 0 Å². The fourth-order valence-corrected chi connectivity index (χ4v) is 3.42. The van der Waals surface area contributed by atoms with Crippen LogP contribution in [0.15, 0.2) is 60.7 Å². The molecule has 2 aromatic carbocycles. The molecule has 1 unspecified atom stereocenters. The van der Waals surface area contributed by atoms with Crippen LogP contribution in [-0.2, 0) is 0 Å². The number of likely N-dealkylation sites (tertiary alicyclic amines) is 1. The summed E-state index contributed by atoms with van der Waals surface area (Å²) in [7, 11) is 0. The minimum atomic E-state index is 0.272. The fraction of sp³-hybridized carbons (Fsp3) is 0.381. The number of benzene rings is 2. The van der Waals surface area contributed by atoms with Crippen LogP contribution < -0.4 is 0 Å². The summed E-state index contributed by atoms with van der Waals surface area (Å²) in [6.07, 6.45) is 4.02. The highest BCUT2D eigenvalue weighted by Crippen LogP contribution is 2.27. The highest BCUT2D eigenvalue weighted by molar-refractivity contribution is 5.95. The lowest BCUT2D eigenvalue weighted by Crippen LogP contribution is -2.21. The molecule has 1 heterocycles. The van der Waals surface area contributed by atoms with Crippen molar-refractivity contribution in [1.82, 2.24) is 4.90 Å². The average Bonchev–Trinajstić information content (AvgIpc) is 3.09. The second-order valence-corrected chi connectivity index (χ2v) is 6.44. The lowest BCUT2D eigenvalue weighted by atomic mass is 9.99. The molecule has 1 aliphatic rings.